The van der Waals surface area contributed by atoms with Gasteiger partial charge in [0.1, 0.15) is 48.8 Å². The number of ether oxygens (including phenoxy) is 4. The first kappa shape index (κ1) is 101. The fourth-order valence-corrected chi connectivity index (χ4v) is 15.5. The van der Waals surface area contributed by atoms with Crippen molar-refractivity contribution in [3.05, 3.63) is 48.6 Å². The van der Waals surface area contributed by atoms with Gasteiger partial charge in [-0.3, -0.25) is 4.79 Å². The molecule has 2 fully saturated rings. The Labute approximate surface area is 658 Å². The molecule has 1 amide bonds. The van der Waals surface area contributed by atoms with Crippen molar-refractivity contribution in [3.8, 4) is 0 Å². The number of hydrogen-bond acceptors (Lipinski definition) is 13. The van der Waals surface area contributed by atoms with E-state index in [0.717, 1.165) is 51.4 Å². The molecule has 2 aliphatic heterocycles. The van der Waals surface area contributed by atoms with Crippen LogP contribution in [0, 0.1) is 0 Å². The Kier molecular flexibility index (Phi) is 72.3. The number of allylic oxidation sites excluding steroid dienone is 7. The van der Waals surface area contributed by atoms with Crippen molar-refractivity contribution in [2.75, 3.05) is 19.8 Å². The minimum absolute atomic E-state index is 0.229. The number of hydrogen-bond donors (Lipinski definition) is 9. The van der Waals surface area contributed by atoms with Gasteiger partial charge in [-0.1, -0.05) is 428 Å². The van der Waals surface area contributed by atoms with Crippen LogP contribution < -0.4 is 5.32 Å². The average molecular weight is 1520 g/mol. The lowest BCUT2D eigenvalue weighted by molar-refractivity contribution is -0.359. The molecule has 0 radical (unpaired) electrons. The minimum Gasteiger partial charge on any atom is -0.394 e. The molecule has 12 unspecified atom stereocenters. The lowest BCUT2D eigenvalue weighted by Crippen LogP contribution is -2.65. The number of aliphatic hydroxyl groups is 8. The lowest BCUT2D eigenvalue weighted by Gasteiger charge is -2.46. The van der Waals surface area contributed by atoms with E-state index < -0.39 is 86.8 Å². The van der Waals surface area contributed by atoms with E-state index in [1.165, 1.54) is 366 Å². The first-order valence-electron chi connectivity index (χ1n) is 46.4. The second-order valence-electron chi connectivity index (χ2n) is 32.8. The molecule has 14 nitrogen and oxygen atoms in total. The third-order valence-corrected chi connectivity index (χ3v) is 22.8. The number of amides is 1. The van der Waals surface area contributed by atoms with Crippen LogP contribution in [-0.2, 0) is 23.7 Å². The van der Waals surface area contributed by atoms with Gasteiger partial charge in [0.05, 0.1) is 32.0 Å². The summed E-state index contributed by atoms with van der Waals surface area (Å²) in [6.07, 6.45) is 88.1. The maximum Gasteiger partial charge on any atom is 0.220 e. The van der Waals surface area contributed by atoms with Gasteiger partial charge in [-0.15, -0.1) is 0 Å². The highest BCUT2D eigenvalue weighted by Gasteiger charge is 2.51. The molecule has 2 aliphatic rings. The number of unbranched alkanes of at least 4 members (excludes halogenated alkanes) is 61. The summed E-state index contributed by atoms with van der Waals surface area (Å²) in [5.41, 5.74) is 0. The van der Waals surface area contributed by atoms with Crippen LogP contribution in [-0.4, -0.2) is 140 Å². The predicted molar refractivity (Wildman–Crippen MR) is 448 cm³/mol. The van der Waals surface area contributed by atoms with Crippen molar-refractivity contribution in [1.29, 1.82) is 0 Å². The highest BCUT2D eigenvalue weighted by atomic mass is 16.7. The zero-order chi connectivity index (χ0) is 77.2. The van der Waals surface area contributed by atoms with Gasteiger partial charge in [0.15, 0.2) is 12.6 Å². The van der Waals surface area contributed by atoms with Crippen LogP contribution in [0.25, 0.3) is 0 Å². The summed E-state index contributed by atoms with van der Waals surface area (Å²) < 4.78 is 23.0. The maximum atomic E-state index is 13.4. The van der Waals surface area contributed by atoms with E-state index in [0.29, 0.717) is 6.42 Å². The molecule has 9 N–H and O–H groups in total. The molecule has 0 bridgehead atoms. The molecule has 0 aromatic rings. The number of nitrogens with one attached hydrogen (secondary N) is 1. The molecule has 12 atom stereocenters. The van der Waals surface area contributed by atoms with E-state index in [9.17, 15) is 45.6 Å². The average Bonchev–Trinajstić information content (AvgIpc) is 0.789. The largest absolute Gasteiger partial charge is 0.394 e. The Balaban J connectivity index is 1.54. The van der Waals surface area contributed by atoms with E-state index in [-0.39, 0.29) is 18.9 Å². The number of rotatable bonds is 80. The van der Waals surface area contributed by atoms with E-state index in [4.69, 9.17) is 18.9 Å². The molecule has 0 aromatic carbocycles. The normalized spacial score (nSPS) is 21.4. The van der Waals surface area contributed by atoms with Crippen LogP contribution >= 0.6 is 0 Å². The lowest BCUT2D eigenvalue weighted by atomic mass is 9.97. The van der Waals surface area contributed by atoms with Crippen LogP contribution in [0.2, 0.25) is 0 Å². The summed E-state index contributed by atoms with van der Waals surface area (Å²) in [5.74, 6) is -0.229. The molecule has 0 aliphatic carbocycles. The molecule has 14 heteroatoms. The molecule has 0 spiro atoms. The first-order chi connectivity index (χ1) is 52.6. The van der Waals surface area contributed by atoms with Crippen molar-refractivity contribution in [3.63, 3.8) is 0 Å². The zero-order valence-electron chi connectivity index (χ0n) is 69.7. The topological polar surface area (TPSA) is 228 Å². The van der Waals surface area contributed by atoms with Crippen molar-refractivity contribution in [2.45, 2.75) is 518 Å². The Morgan fingerprint density at radius 1 is 0.336 bits per heavy atom. The van der Waals surface area contributed by atoms with Gasteiger partial charge in [0.25, 0.3) is 0 Å². The molecule has 0 saturated carbocycles. The van der Waals surface area contributed by atoms with E-state index in [2.05, 4.69) is 55.6 Å². The summed E-state index contributed by atoms with van der Waals surface area (Å²) in [6.45, 7) is 2.86. The Hall–Kier alpha value is -2.05. The highest BCUT2D eigenvalue weighted by Crippen LogP contribution is 2.31. The Morgan fingerprint density at radius 2 is 0.617 bits per heavy atom. The summed E-state index contributed by atoms with van der Waals surface area (Å²) in [6, 6.07) is -0.916. The third-order valence-electron chi connectivity index (χ3n) is 22.8. The van der Waals surface area contributed by atoms with Gasteiger partial charge in [-0.25, -0.2) is 0 Å². The summed E-state index contributed by atoms with van der Waals surface area (Å²) >= 11 is 0. The minimum atomic E-state index is -1.79. The van der Waals surface area contributed by atoms with E-state index >= 15 is 0 Å². The van der Waals surface area contributed by atoms with E-state index in [1.54, 1.807) is 6.08 Å². The number of carbonyl (C=O) groups is 1. The molecule has 0 aromatic heterocycles. The van der Waals surface area contributed by atoms with Gasteiger partial charge in [-0.2, -0.15) is 0 Å². The SMILES string of the molecule is CCCCCCC/C=C\C/C=C\C/C=C\CCCCCCCCCCCCCCCCCCCCCCCCCCCCC(=O)NC(COC1OC(CO)C(OC2OC(CO)C(O)C(O)C2O)C(O)C1O)C(O)/C=C/CCCCCCCCCCCCCCCCCCCCCCCCCCCCCCCC. The molecule has 2 heterocycles. The quantitative estimate of drug-likeness (QED) is 0.0204. The molecular weight excluding hydrogens is 1340 g/mol. The molecule has 2 rings (SSSR count). The van der Waals surface area contributed by atoms with Gasteiger partial charge in [-0.05, 0) is 57.8 Å². The highest BCUT2D eigenvalue weighted by molar-refractivity contribution is 5.76. The van der Waals surface area contributed by atoms with Gasteiger partial charge in [0.2, 0.25) is 5.91 Å². The summed E-state index contributed by atoms with van der Waals surface area (Å²) in [5, 5.41) is 87.9. The predicted octanol–water partition coefficient (Wildman–Crippen LogP) is 22.9. The van der Waals surface area contributed by atoms with Crippen LogP contribution in [0.5, 0.6) is 0 Å². The van der Waals surface area contributed by atoms with Crippen molar-refractivity contribution in [1.82, 2.24) is 5.32 Å². The summed E-state index contributed by atoms with van der Waals surface area (Å²) in [4.78, 5) is 13.4. The smallest absolute Gasteiger partial charge is 0.220 e. The van der Waals surface area contributed by atoms with Crippen molar-refractivity contribution >= 4 is 5.91 Å². The fraction of sp³-hybridized carbons (Fsp3) is 0.903. The molecule has 2 saturated heterocycles. The second kappa shape index (κ2) is 76.6. The Morgan fingerprint density at radius 3 is 0.944 bits per heavy atom. The second-order valence-corrected chi connectivity index (χ2v) is 32.8. The summed E-state index contributed by atoms with van der Waals surface area (Å²) in [7, 11) is 0. The van der Waals surface area contributed by atoms with Crippen LogP contribution in [0.4, 0.5) is 0 Å². The van der Waals surface area contributed by atoms with Crippen molar-refractivity contribution in [2.24, 2.45) is 0 Å². The number of aliphatic hydroxyl groups excluding tert-OH is 8. The van der Waals surface area contributed by atoms with Crippen LogP contribution in [0.15, 0.2) is 48.6 Å². The zero-order valence-corrected chi connectivity index (χ0v) is 69.7. The fourth-order valence-electron chi connectivity index (χ4n) is 15.5. The molecule has 630 valence electrons. The molecular formula is C93H175NO13. The van der Waals surface area contributed by atoms with Crippen molar-refractivity contribution < 1.29 is 64.6 Å². The monoisotopic (exact) mass is 1510 g/mol. The third kappa shape index (κ3) is 58.5. The van der Waals surface area contributed by atoms with Crippen LogP contribution in [0.3, 0.4) is 0 Å². The van der Waals surface area contributed by atoms with Gasteiger partial charge >= 0.3 is 0 Å². The van der Waals surface area contributed by atoms with Gasteiger partial charge < -0.3 is 65.1 Å². The Bertz CT molecular complexity index is 1990. The van der Waals surface area contributed by atoms with Crippen LogP contribution in [0.1, 0.15) is 444 Å². The number of carbonyl (C=O) groups excluding carboxylic acids is 1. The maximum absolute atomic E-state index is 13.4. The standard InChI is InChI=1S/C93H175NO13/c1-3-5-7-9-11-13-15-17-19-21-23-25-27-29-31-33-35-37-38-39-40-41-42-43-44-45-47-49-51-53-55-57-59-61-63-65-67-69-71-73-75-77-85(98)94-81(80-104-92-90(103)88(101)91(84(79-96)106-92)107-93-89(102)87(100)86(99)83(78-95)105-93)82(97)76-74-72-70-68-66-64-62-60-58-56-54-52-50-48-46-36-34-32-30-28-26-24-22-20-18-16-14-12-10-8-6-4-2/h15,17,21,23,27,29,74,76,81-84,86-93,95-97,99-103H,3-14,16,18-20,22,24-26,28,30-73,75,77-80H2,1-2H3,(H,94,98)/b17-15-,23-21-,29-27-,76-74+. The first-order valence-corrected chi connectivity index (χ1v) is 46.4. The van der Waals surface area contributed by atoms with E-state index in [1.807, 2.05) is 6.08 Å². The van der Waals surface area contributed by atoms with Gasteiger partial charge in [0, 0.05) is 6.42 Å². The molecule has 107 heavy (non-hydrogen) atoms.